The number of rotatable bonds is 2. The summed E-state index contributed by atoms with van der Waals surface area (Å²) >= 11 is 0. The van der Waals surface area contributed by atoms with Crippen LogP contribution in [0.5, 0.6) is 0 Å². The second kappa shape index (κ2) is 5.85. The summed E-state index contributed by atoms with van der Waals surface area (Å²) in [5.74, 6) is -0.426. The molecule has 2 aromatic carbocycles. The van der Waals surface area contributed by atoms with E-state index in [0.29, 0.717) is 16.9 Å². The van der Waals surface area contributed by atoms with Crippen LogP contribution < -0.4 is 10.6 Å². The Morgan fingerprint density at radius 2 is 2.00 bits per heavy atom. The van der Waals surface area contributed by atoms with Crippen molar-refractivity contribution >= 4 is 17.4 Å². The molecule has 0 radical (unpaired) electrons. The molecule has 0 fully saturated rings. The van der Waals surface area contributed by atoms with Gasteiger partial charge < -0.3 is 10.6 Å². The van der Waals surface area contributed by atoms with E-state index >= 15 is 0 Å². The Hall–Kier alpha value is -2.87. The Morgan fingerprint density at radius 1 is 1.20 bits per heavy atom. The van der Waals surface area contributed by atoms with Gasteiger partial charge in [-0.2, -0.15) is 5.26 Å². The first-order valence-electron chi connectivity index (χ1n) is 5.93. The number of anilines is 2. The summed E-state index contributed by atoms with van der Waals surface area (Å²) in [7, 11) is 0. The van der Waals surface area contributed by atoms with Crippen LogP contribution in [0.25, 0.3) is 0 Å². The molecule has 2 aromatic rings. The lowest BCUT2D eigenvalue weighted by molar-refractivity contribution is 0.262. The van der Waals surface area contributed by atoms with Crippen LogP contribution in [-0.4, -0.2) is 6.03 Å². The molecule has 0 saturated heterocycles. The van der Waals surface area contributed by atoms with Crippen LogP contribution in [0.1, 0.15) is 11.1 Å². The maximum absolute atomic E-state index is 13.0. The first-order chi connectivity index (χ1) is 9.58. The van der Waals surface area contributed by atoms with Crippen molar-refractivity contribution in [2.75, 3.05) is 10.6 Å². The van der Waals surface area contributed by atoms with Crippen molar-refractivity contribution in [3.63, 3.8) is 0 Å². The third-order valence-corrected chi connectivity index (χ3v) is 2.70. The van der Waals surface area contributed by atoms with Crippen LogP contribution in [0.15, 0.2) is 42.5 Å². The lowest BCUT2D eigenvalue weighted by atomic mass is 10.1. The highest BCUT2D eigenvalue weighted by Crippen LogP contribution is 2.17. The second-order valence-electron chi connectivity index (χ2n) is 4.23. The van der Waals surface area contributed by atoms with Crippen LogP contribution in [-0.2, 0) is 0 Å². The topological polar surface area (TPSA) is 64.9 Å². The smallest absolute Gasteiger partial charge is 0.308 e. The van der Waals surface area contributed by atoms with E-state index in [2.05, 4.69) is 10.6 Å². The van der Waals surface area contributed by atoms with Gasteiger partial charge in [0.05, 0.1) is 11.6 Å². The van der Waals surface area contributed by atoms with E-state index in [0.717, 1.165) is 5.56 Å². The number of nitrogens with zero attached hydrogens (tertiary/aromatic N) is 1. The standard InChI is InChI=1S/C15H12FN3O/c1-10-5-6-11(9-17)7-14(10)19-15(20)18-13-4-2-3-12(16)8-13/h2-8H,1H3,(H2,18,19,20). The van der Waals surface area contributed by atoms with Crippen LogP contribution in [0, 0.1) is 24.1 Å². The maximum Gasteiger partial charge on any atom is 0.323 e. The minimum Gasteiger partial charge on any atom is -0.308 e. The number of hydrogen-bond donors (Lipinski definition) is 2. The highest BCUT2D eigenvalue weighted by Gasteiger charge is 2.06. The maximum atomic E-state index is 13.0. The summed E-state index contributed by atoms with van der Waals surface area (Å²) in [6, 6.07) is 12.1. The van der Waals surface area contributed by atoms with Gasteiger partial charge in [-0.05, 0) is 42.8 Å². The van der Waals surface area contributed by atoms with E-state index in [1.165, 1.54) is 18.2 Å². The number of benzene rings is 2. The van der Waals surface area contributed by atoms with E-state index in [1.807, 2.05) is 13.0 Å². The summed E-state index contributed by atoms with van der Waals surface area (Å²) in [4.78, 5) is 11.8. The molecule has 2 N–H and O–H groups in total. The molecule has 0 aromatic heterocycles. The summed E-state index contributed by atoms with van der Waals surface area (Å²) in [5, 5.41) is 14.0. The zero-order valence-electron chi connectivity index (χ0n) is 10.8. The van der Waals surface area contributed by atoms with Gasteiger partial charge in [-0.15, -0.1) is 0 Å². The van der Waals surface area contributed by atoms with Gasteiger partial charge in [0.1, 0.15) is 5.82 Å². The van der Waals surface area contributed by atoms with E-state index in [1.54, 1.807) is 24.3 Å². The molecule has 0 unspecified atom stereocenters. The zero-order valence-corrected chi connectivity index (χ0v) is 10.8. The van der Waals surface area contributed by atoms with Crippen molar-refractivity contribution in [2.45, 2.75) is 6.92 Å². The Morgan fingerprint density at radius 3 is 2.70 bits per heavy atom. The molecule has 0 aliphatic carbocycles. The summed E-state index contributed by atoms with van der Waals surface area (Å²) in [6.07, 6.45) is 0. The average molecular weight is 269 g/mol. The molecule has 5 heteroatoms. The van der Waals surface area contributed by atoms with Crippen molar-refractivity contribution in [1.29, 1.82) is 5.26 Å². The monoisotopic (exact) mass is 269 g/mol. The van der Waals surface area contributed by atoms with Gasteiger partial charge in [0.25, 0.3) is 0 Å². The molecule has 2 amide bonds. The molecule has 0 aliphatic rings. The van der Waals surface area contributed by atoms with Crippen molar-refractivity contribution in [3.05, 3.63) is 59.4 Å². The lowest BCUT2D eigenvalue weighted by Crippen LogP contribution is -2.20. The Balaban J connectivity index is 2.10. The highest BCUT2D eigenvalue weighted by atomic mass is 19.1. The average Bonchev–Trinajstić information content (AvgIpc) is 2.41. The number of nitrogens with one attached hydrogen (secondary N) is 2. The quantitative estimate of drug-likeness (QED) is 0.874. The molecular weight excluding hydrogens is 257 g/mol. The van der Waals surface area contributed by atoms with Crippen molar-refractivity contribution < 1.29 is 9.18 Å². The summed E-state index contributed by atoms with van der Waals surface area (Å²) in [5.41, 5.74) is 2.18. The molecule has 0 heterocycles. The molecule has 0 atom stereocenters. The zero-order chi connectivity index (χ0) is 14.5. The Kier molecular flexibility index (Phi) is 3.96. The van der Waals surface area contributed by atoms with Crippen LogP contribution in [0.4, 0.5) is 20.6 Å². The second-order valence-corrected chi connectivity index (χ2v) is 4.23. The van der Waals surface area contributed by atoms with Crippen LogP contribution in [0.3, 0.4) is 0 Å². The molecule has 20 heavy (non-hydrogen) atoms. The third kappa shape index (κ3) is 3.33. The van der Waals surface area contributed by atoms with Gasteiger partial charge in [0.2, 0.25) is 0 Å². The van der Waals surface area contributed by atoms with Gasteiger partial charge in [-0.3, -0.25) is 0 Å². The number of nitriles is 1. The van der Waals surface area contributed by atoms with Gasteiger partial charge in [-0.1, -0.05) is 12.1 Å². The Labute approximate surface area is 115 Å². The number of urea groups is 1. The molecule has 4 nitrogen and oxygen atoms in total. The number of amides is 2. The summed E-state index contributed by atoms with van der Waals surface area (Å²) in [6.45, 7) is 1.82. The summed E-state index contributed by atoms with van der Waals surface area (Å²) < 4.78 is 13.0. The van der Waals surface area contributed by atoms with E-state index < -0.39 is 11.8 Å². The van der Waals surface area contributed by atoms with Gasteiger partial charge >= 0.3 is 6.03 Å². The van der Waals surface area contributed by atoms with E-state index in [9.17, 15) is 9.18 Å². The molecule has 2 rings (SSSR count). The number of carbonyl (C=O) groups excluding carboxylic acids is 1. The number of carbonyl (C=O) groups is 1. The van der Waals surface area contributed by atoms with Crippen molar-refractivity contribution in [1.82, 2.24) is 0 Å². The fourth-order valence-electron chi connectivity index (χ4n) is 1.68. The molecule has 0 bridgehead atoms. The van der Waals surface area contributed by atoms with E-state index in [-0.39, 0.29) is 0 Å². The third-order valence-electron chi connectivity index (χ3n) is 2.70. The molecule has 100 valence electrons. The van der Waals surface area contributed by atoms with Crippen molar-refractivity contribution in [3.8, 4) is 6.07 Å². The number of aryl methyl sites for hydroxylation is 1. The minimum absolute atomic E-state index is 0.358. The predicted molar refractivity (Wildman–Crippen MR) is 74.9 cm³/mol. The van der Waals surface area contributed by atoms with Gasteiger partial charge in [0, 0.05) is 11.4 Å². The fraction of sp³-hybridized carbons (Fsp3) is 0.0667. The number of halogens is 1. The fourth-order valence-corrected chi connectivity index (χ4v) is 1.68. The predicted octanol–water partition coefficient (Wildman–Crippen LogP) is 3.65. The molecule has 0 spiro atoms. The minimum atomic E-state index is -0.492. The first-order valence-corrected chi connectivity index (χ1v) is 5.93. The van der Waals surface area contributed by atoms with Gasteiger partial charge in [-0.25, -0.2) is 9.18 Å². The Bertz CT molecular complexity index is 692. The lowest BCUT2D eigenvalue weighted by Gasteiger charge is -2.10. The molecular formula is C15H12FN3O. The largest absolute Gasteiger partial charge is 0.323 e. The number of hydrogen-bond acceptors (Lipinski definition) is 2. The van der Waals surface area contributed by atoms with Crippen LogP contribution >= 0.6 is 0 Å². The first kappa shape index (κ1) is 13.6. The van der Waals surface area contributed by atoms with Crippen LogP contribution in [0.2, 0.25) is 0 Å². The highest BCUT2D eigenvalue weighted by molar-refractivity contribution is 6.00. The van der Waals surface area contributed by atoms with Gasteiger partial charge in [0.15, 0.2) is 0 Å². The van der Waals surface area contributed by atoms with E-state index in [4.69, 9.17) is 5.26 Å². The molecule has 0 aliphatic heterocycles. The molecule has 0 saturated carbocycles. The van der Waals surface area contributed by atoms with Crippen molar-refractivity contribution in [2.24, 2.45) is 0 Å². The SMILES string of the molecule is Cc1ccc(C#N)cc1NC(=O)Nc1cccc(F)c1. The normalized spacial score (nSPS) is 9.65.